The van der Waals surface area contributed by atoms with Gasteiger partial charge in [0.1, 0.15) is 6.04 Å². The van der Waals surface area contributed by atoms with E-state index in [1.54, 1.807) is 19.1 Å². The van der Waals surface area contributed by atoms with Crippen LogP contribution < -0.4 is 10.6 Å². The second kappa shape index (κ2) is 7.13. The highest BCUT2D eigenvalue weighted by atomic mass is 16.5. The van der Waals surface area contributed by atoms with Crippen LogP contribution in [0.2, 0.25) is 0 Å². The molecular weight excluding hydrogens is 264 g/mol. The monoisotopic (exact) mass is 280 g/mol. The second-order valence-electron chi connectivity index (χ2n) is 3.92. The summed E-state index contributed by atoms with van der Waals surface area (Å²) in [5.74, 6) is -1.71. The number of ether oxygens (including phenoxy) is 1. The van der Waals surface area contributed by atoms with Crippen molar-refractivity contribution in [3.63, 3.8) is 0 Å². The van der Waals surface area contributed by atoms with Gasteiger partial charge < -0.3 is 20.5 Å². The molecule has 0 aliphatic heterocycles. The van der Waals surface area contributed by atoms with Crippen molar-refractivity contribution in [1.82, 2.24) is 5.32 Å². The van der Waals surface area contributed by atoms with Crippen molar-refractivity contribution in [2.24, 2.45) is 0 Å². The van der Waals surface area contributed by atoms with Crippen LogP contribution in [0.4, 0.5) is 10.5 Å². The van der Waals surface area contributed by atoms with Gasteiger partial charge in [-0.15, -0.1) is 0 Å². The molecule has 2 amide bonds. The number of nitrogens with one attached hydrogen (secondary N) is 2. The summed E-state index contributed by atoms with van der Waals surface area (Å²) in [6.07, 6.45) is 0. The van der Waals surface area contributed by atoms with E-state index in [-0.39, 0.29) is 17.9 Å². The van der Waals surface area contributed by atoms with Crippen LogP contribution in [-0.2, 0) is 9.53 Å². The number of para-hydroxylation sites is 1. The van der Waals surface area contributed by atoms with Crippen molar-refractivity contribution in [1.29, 1.82) is 0 Å². The third-order valence-corrected chi connectivity index (χ3v) is 2.39. The van der Waals surface area contributed by atoms with Gasteiger partial charge in [0.25, 0.3) is 0 Å². The summed E-state index contributed by atoms with van der Waals surface area (Å²) in [7, 11) is 0. The third-order valence-electron chi connectivity index (χ3n) is 2.39. The predicted molar refractivity (Wildman–Crippen MR) is 71.7 cm³/mol. The molecule has 0 spiro atoms. The molecule has 3 N–H and O–H groups in total. The van der Waals surface area contributed by atoms with E-state index < -0.39 is 24.0 Å². The molecule has 0 fully saturated rings. The fourth-order valence-corrected chi connectivity index (χ4v) is 1.40. The Kier molecular flexibility index (Phi) is 5.52. The molecule has 7 heteroatoms. The van der Waals surface area contributed by atoms with Gasteiger partial charge in [0.2, 0.25) is 0 Å². The summed E-state index contributed by atoms with van der Waals surface area (Å²) in [5.41, 5.74) is 0.452. The summed E-state index contributed by atoms with van der Waals surface area (Å²) in [5, 5.41) is 13.3. The normalized spacial score (nSPS) is 11.3. The van der Waals surface area contributed by atoms with E-state index in [2.05, 4.69) is 10.6 Å². The first-order chi connectivity index (χ1) is 9.45. The lowest BCUT2D eigenvalue weighted by atomic mass is 10.2. The van der Waals surface area contributed by atoms with E-state index >= 15 is 0 Å². The van der Waals surface area contributed by atoms with Crippen molar-refractivity contribution in [2.75, 3.05) is 11.9 Å². The van der Waals surface area contributed by atoms with Gasteiger partial charge >= 0.3 is 18.0 Å². The number of carbonyl (C=O) groups excluding carboxylic acids is 2. The molecule has 1 aromatic rings. The van der Waals surface area contributed by atoms with Crippen molar-refractivity contribution in [3.05, 3.63) is 29.8 Å². The van der Waals surface area contributed by atoms with Crippen LogP contribution in [0.15, 0.2) is 24.3 Å². The first-order valence-electron chi connectivity index (χ1n) is 6.02. The number of benzene rings is 1. The molecule has 0 aliphatic rings. The molecule has 1 aromatic carbocycles. The summed E-state index contributed by atoms with van der Waals surface area (Å²) in [4.78, 5) is 33.9. The highest BCUT2D eigenvalue weighted by Gasteiger charge is 2.17. The summed E-state index contributed by atoms with van der Waals surface area (Å²) >= 11 is 0. The van der Waals surface area contributed by atoms with Gasteiger partial charge in [-0.05, 0) is 26.0 Å². The fourth-order valence-electron chi connectivity index (χ4n) is 1.40. The molecular formula is C13H16N2O5. The Bertz CT molecular complexity index is 515. The van der Waals surface area contributed by atoms with Crippen LogP contribution in [0.5, 0.6) is 0 Å². The predicted octanol–water partition coefficient (Wildman–Crippen LogP) is 1.46. The topological polar surface area (TPSA) is 105 Å². The average Bonchev–Trinajstić information content (AvgIpc) is 2.39. The number of anilines is 1. The van der Waals surface area contributed by atoms with Gasteiger partial charge in [-0.2, -0.15) is 0 Å². The van der Waals surface area contributed by atoms with Gasteiger partial charge in [-0.1, -0.05) is 12.1 Å². The second-order valence-corrected chi connectivity index (χ2v) is 3.92. The van der Waals surface area contributed by atoms with Gasteiger partial charge in [0.15, 0.2) is 0 Å². The number of esters is 1. The SMILES string of the molecule is CCOC(=O)c1ccccc1NC(=O)NC(C)C(=O)O. The number of carbonyl (C=O) groups is 3. The lowest BCUT2D eigenvalue weighted by Gasteiger charge is -2.13. The molecule has 0 radical (unpaired) electrons. The van der Waals surface area contributed by atoms with E-state index in [9.17, 15) is 14.4 Å². The lowest BCUT2D eigenvalue weighted by Crippen LogP contribution is -2.41. The Labute approximate surface area is 115 Å². The molecule has 7 nitrogen and oxygen atoms in total. The van der Waals surface area contributed by atoms with Gasteiger partial charge in [0.05, 0.1) is 17.9 Å². The molecule has 0 aromatic heterocycles. The summed E-state index contributed by atoms with van der Waals surface area (Å²) in [6.45, 7) is 3.23. The number of urea groups is 1. The van der Waals surface area contributed by atoms with E-state index in [1.165, 1.54) is 19.1 Å². The maximum atomic E-state index is 11.7. The molecule has 108 valence electrons. The number of carboxylic acids is 1. The number of rotatable bonds is 5. The average molecular weight is 280 g/mol. The van der Waals surface area contributed by atoms with Gasteiger partial charge in [-0.3, -0.25) is 4.79 Å². The third kappa shape index (κ3) is 4.27. The number of hydrogen-bond donors (Lipinski definition) is 3. The Hall–Kier alpha value is -2.57. The number of aliphatic carboxylic acids is 1. The smallest absolute Gasteiger partial charge is 0.340 e. The van der Waals surface area contributed by atoms with E-state index in [4.69, 9.17) is 9.84 Å². The number of hydrogen-bond acceptors (Lipinski definition) is 4. The quantitative estimate of drug-likeness (QED) is 0.708. The maximum Gasteiger partial charge on any atom is 0.340 e. The van der Waals surface area contributed by atoms with Crippen LogP contribution >= 0.6 is 0 Å². The minimum absolute atomic E-state index is 0.201. The first kappa shape index (κ1) is 15.5. The Morgan fingerprint density at radius 2 is 1.95 bits per heavy atom. The fraction of sp³-hybridized carbons (Fsp3) is 0.308. The molecule has 1 rings (SSSR count). The summed E-state index contributed by atoms with van der Waals surface area (Å²) < 4.78 is 4.86. The van der Waals surface area contributed by atoms with E-state index in [0.29, 0.717) is 0 Å². The Morgan fingerprint density at radius 3 is 2.55 bits per heavy atom. The Balaban J connectivity index is 2.79. The van der Waals surface area contributed by atoms with E-state index in [0.717, 1.165) is 0 Å². The molecule has 0 saturated carbocycles. The van der Waals surface area contributed by atoms with Crippen molar-refractivity contribution in [2.45, 2.75) is 19.9 Å². The molecule has 20 heavy (non-hydrogen) atoms. The highest BCUT2D eigenvalue weighted by molar-refractivity contribution is 6.01. The standard InChI is InChI=1S/C13H16N2O5/c1-3-20-12(18)9-6-4-5-7-10(9)15-13(19)14-8(2)11(16)17/h4-8H,3H2,1-2H3,(H,16,17)(H2,14,15,19). The van der Waals surface area contributed by atoms with Crippen LogP contribution in [0.25, 0.3) is 0 Å². The minimum atomic E-state index is -1.15. The maximum absolute atomic E-state index is 11.7. The lowest BCUT2D eigenvalue weighted by molar-refractivity contribution is -0.138. The van der Waals surface area contributed by atoms with Crippen LogP contribution in [0.1, 0.15) is 24.2 Å². The Morgan fingerprint density at radius 1 is 1.30 bits per heavy atom. The molecule has 1 unspecified atom stereocenters. The van der Waals surface area contributed by atoms with Crippen LogP contribution in [-0.4, -0.2) is 35.7 Å². The number of carboxylic acid groups (broad SMARTS) is 1. The van der Waals surface area contributed by atoms with Crippen LogP contribution in [0, 0.1) is 0 Å². The largest absolute Gasteiger partial charge is 0.480 e. The zero-order chi connectivity index (χ0) is 15.1. The zero-order valence-electron chi connectivity index (χ0n) is 11.2. The van der Waals surface area contributed by atoms with Crippen molar-refractivity contribution >= 4 is 23.7 Å². The molecule has 0 heterocycles. The van der Waals surface area contributed by atoms with E-state index in [1.807, 2.05) is 0 Å². The van der Waals surface area contributed by atoms with Gasteiger partial charge in [0, 0.05) is 0 Å². The molecule has 0 aliphatic carbocycles. The highest BCUT2D eigenvalue weighted by Crippen LogP contribution is 2.16. The molecule has 0 saturated heterocycles. The van der Waals surface area contributed by atoms with Crippen LogP contribution in [0.3, 0.4) is 0 Å². The zero-order valence-corrected chi connectivity index (χ0v) is 11.2. The van der Waals surface area contributed by atoms with Crippen molar-refractivity contribution in [3.8, 4) is 0 Å². The first-order valence-corrected chi connectivity index (χ1v) is 6.02. The molecule has 1 atom stereocenters. The minimum Gasteiger partial charge on any atom is -0.480 e. The number of amides is 2. The summed E-state index contributed by atoms with van der Waals surface area (Å²) in [6, 6.07) is 4.56. The van der Waals surface area contributed by atoms with Gasteiger partial charge in [-0.25, -0.2) is 9.59 Å². The van der Waals surface area contributed by atoms with Crippen molar-refractivity contribution < 1.29 is 24.2 Å². The molecule has 0 bridgehead atoms.